The second kappa shape index (κ2) is 6.52. The number of hydrogen-bond donors (Lipinski definition) is 0. The number of aromatic nitrogens is 1. The van der Waals surface area contributed by atoms with E-state index in [1.54, 1.807) is 24.0 Å². The minimum absolute atomic E-state index is 0.482. The first kappa shape index (κ1) is 12.3. The summed E-state index contributed by atoms with van der Waals surface area (Å²) in [6, 6.07) is 13.8. The van der Waals surface area contributed by atoms with E-state index in [1.807, 2.05) is 24.3 Å². The fraction of sp³-hybridized carbons (Fsp3) is 0.154. The van der Waals surface area contributed by atoms with Gasteiger partial charge in [0, 0.05) is 10.6 Å². The molecule has 0 aliphatic heterocycles. The van der Waals surface area contributed by atoms with Crippen LogP contribution in [0.2, 0.25) is 5.15 Å². The Labute approximate surface area is 110 Å². The second-order valence-electron chi connectivity index (χ2n) is 3.33. The molecule has 2 nitrogen and oxygen atoms in total. The molecule has 0 bridgehead atoms. The van der Waals surface area contributed by atoms with Gasteiger partial charge in [0.2, 0.25) is 0 Å². The molecule has 1 heterocycles. The fourth-order valence-electron chi connectivity index (χ4n) is 1.28. The lowest BCUT2D eigenvalue weighted by atomic mass is 10.4. The van der Waals surface area contributed by atoms with Crippen molar-refractivity contribution in [2.75, 3.05) is 12.4 Å². The lowest BCUT2D eigenvalue weighted by Crippen LogP contribution is -2.00. The van der Waals surface area contributed by atoms with Crippen LogP contribution in [0.4, 0.5) is 0 Å². The average molecular weight is 266 g/mol. The number of nitrogens with zero attached hydrogens (tertiary/aromatic N) is 1. The van der Waals surface area contributed by atoms with Gasteiger partial charge >= 0.3 is 0 Å². The smallest absolute Gasteiger partial charge is 0.137 e. The number of benzene rings is 1. The van der Waals surface area contributed by atoms with Gasteiger partial charge in [-0.3, -0.25) is 0 Å². The molecule has 0 spiro atoms. The van der Waals surface area contributed by atoms with Gasteiger partial charge < -0.3 is 4.74 Å². The monoisotopic (exact) mass is 265 g/mol. The highest BCUT2D eigenvalue weighted by Gasteiger charge is 1.96. The van der Waals surface area contributed by atoms with Gasteiger partial charge in [-0.05, 0) is 24.3 Å². The van der Waals surface area contributed by atoms with Crippen LogP contribution in [0.5, 0.6) is 5.75 Å². The predicted octanol–water partition coefficient (Wildman–Crippen LogP) is 3.91. The molecule has 1 aromatic heterocycles. The molecule has 0 saturated heterocycles. The van der Waals surface area contributed by atoms with Crippen molar-refractivity contribution < 1.29 is 4.74 Å². The van der Waals surface area contributed by atoms with Crippen molar-refractivity contribution in [2.24, 2.45) is 0 Å². The summed E-state index contributed by atoms with van der Waals surface area (Å²) in [5, 5.41) is 0.482. The summed E-state index contributed by atoms with van der Waals surface area (Å²) < 4.78 is 5.54. The Hall–Kier alpha value is -1.19. The third-order valence-electron chi connectivity index (χ3n) is 2.06. The summed E-state index contributed by atoms with van der Waals surface area (Å²) in [5.41, 5.74) is 0. The van der Waals surface area contributed by atoms with Gasteiger partial charge in [-0.1, -0.05) is 29.8 Å². The summed E-state index contributed by atoms with van der Waals surface area (Å²) in [5.74, 6) is 1.66. The first-order valence-corrected chi connectivity index (χ1v) is 6.63. The molecule has 4 heteroatoms. The summed E-state index contributed by atoms with van der Waals surface area (Å²) in [4.78, 5) is 5.20. The topological polar surface area (TPSA) is 22.1 Å². The molecule has 17 heavy (non-hydrogen) atoms. The Bertz CT molecular complexity index is 447. The lowest BCUT2D eigenvalue weighted by Gasteiger charge is -2.05. The summed E-state index contributed by atoms with van der Waals surface area (Å²) in [6.07, 6.45) is 1.63. The van der Waals surface area contributed by atoms with Crippen molar-refractivity contribution in [3.8, 4) is 5.75 Å². The molecule has 2 aromatic rings. The van der Waals surface area contributed by atoms with Gasteiger partial charge in [0.1, 0.15) is 10.9 Å². The van der Waals surface area contributed by atoms with Crippen molar-refractivity contribution in [1.29, 1.82) is 0 Å². The van der Waals surface area contributed by atoms with Gasteiger partial charge in [-0.2, -0.15) is 0 Å². The van der Waals surface area contributed by atoms with E-state index in [1.165, 1.54) is 4.90 Å². The summed E-state index contributed by atoms with van der Waals surface area (Å²) in [6.45, 7) is 0.656. The molecule has 0 saturated carbocycles. The standard InChI is InChI=1S/C13H12ClNOS/c14-13-7-6-11(10-15-13)16-8-9-17-12-4-2-1-3-5-12/h1-7,10H,8-9H2. The quantitative estimate of drug-likeness (QED) is 0.465. The first-order chi connectivity index (χ1) is 8.34. The van der Waals surface area contributed by atoms with Gasteiger partial charge in [-0.15, -0.1) is 11.8 Å². The van der Waals surface area contributed by atoms with Crippen LogP contribution >= 0.6 is 23.4 Å². The molecule has 0 fully saturated rings. The molecule has 0 amide bonds. The van der Waals surface area contributed by atoms with Crippen molar-refractivity contribution in [3.05, 3.63) is 53.8 Å². The number of pyridine rings is 1. The van der Waals surface area contributed by atoms with E-state index in [2.05, 4.69) is 17.1 Å². The van der Waals surface area contributed by atoms with Crippen LogP contribution in [0.1, 0.15) is 0 Å². The molecular formula is C13H12ClNOS. The van der Waals surface area contributed by atoms with E-state index >= 15 is 0 Å². The Morgan fingerprint density at radius 3 is 2.65 bits per heavy atom. The molecule has 0 atom stereocenters. The average Bonchev–Trinajstić information content (AvgIpc) is 2.38. The molecule has 0 aliphatic rings. The normalized spacial score (nSPS) is 10.2. The first-order valence-electron chi connectivity index (χ1n) is 5.27. The van der Waals surface area contributed by atoms with Crippen LogP contribution in [0.3, 0.4) is 0 Å². The third-order valence-corrected chi connectivity index (χ3v) is 3.26. The van der Waals surface area contributed by atoms with E-state index < -0.39 is 0 Å². The summed E-state index contributed by atoms with van der Waals surface area (Å²) >= 11 is 7.45. The number of halogens is 1. The Kier molecular flexibility index (Phi) is 4.71. The maximum absolute atomic E-state index is 5.68. The molecule has 1 aromatic carbocycles. The van der Waals surface area contributed by atoms with E-state index in [-0.39, 0.29) is 0 Å². The molecular weight excluding hydrogens is 254 g/mol. The Morgan fingerprint density at radius 1 is 1.12 bits per heavy atom. The summed E-state index contributed by atoms with van der Waals surface area (Å²) in [7, 11) is 0. The van der Waals surface area contributed by atoms with Crippen molar-refractivity contribution in [3.63, 3.8) is 0 Å². The lowest BCUT2D eigenvalue weighted by molar-refractivity contribution is 0.342. The molecule has 88 valence electrons. The second-order valence-corrected chi connectivity index (χ2v) is 4.88. The maximum atomic E-state index is 5.68. The van der Waals surface area contributed by atoms with Crippen LogP contribution < -0.4 is 4.74 Å². The molecule has 0 aliphatic carbocycles. The van der Waals surface area contributed by atoms with E-state index in [0.29, 0.717) is 11.8 Å². The molecule has 0 radical (unpaired) electrons. The van der Waals surface area contributed by atoms with Crippen molar-refractivity contribution >= 4 is 23.4 Å². The zero-order chi connectivity index (χ0) is 11.9. The van der Waals surface area contributed by atoms with Gasteiger partial charge in [0.05, 0.1) is 12.8 Å². The number of rotatable bonds is 5. The van der Waals surface area contributed by atoms with Gasteiger partial charge in [0.15, 0.2) is 0 Å². The highest BCUT2D eigenvalue weighted by atomic mass is 35.5. The number of thioether (sulfide) groups is 1. The predicted molar refractivity (Wildman–Crippen MR) is 71.9 cm³/mol. The maximum Gasteiger partial charge on any atom is 0.137 e. The number of hydrogen-bond acceptors (Lipinski definition) is 3. The minimum atomic E-state index is 0.482. The van der Waals surface area contributed by atoms with E-state index in [4.69, 9.17) is 16.3 Å². The van der Waals surface area contributed by atoms with Crippen molar-refractivity contribution in [1.82, 2.24) is 4.98 Å². The highest BCUT2D eigenvalue weighted by Crippen LogP contribution is 2.17. The zero-order valence-corrected chi connectivity index (χ0v) is 10.7. The minimum Gasteiger partial charge on any atom is -0.491 e. The number of ether oxygens (including phenoxy) is 1. The van der Waals surface area contributed by atoms with Crippen molar-refractivity contribution in [2.45, 2.75) is 4.90 Å². The third kappa shape index (κ3) is 4.29. The van der Waals surface area contributed by atoms with Crippen LogP contribution in [-0.4, -0.2) is 17.3 Å². The van der Waals surface area contributed by atoms with Crippen LogP contribution in [0.25, 0.3) is 0 Å². The van der Waals surface area contributed by atoms with Crippen LogP contribution in [0, 0.1) is 0 Å². The van der Waals surface area contributed by atoms with Crippen LogP contribution in [-0.2, 0) is 0 Å². The SMILES string of the molecule is Clc1ccc(OCCSc2ccccc2)cn1. The van der Waals surface area contributed by atoms with E-state index in [0.717, 1.165) is 11.5 Å². The Morgan fingerprint density at radius 2 is 1.94 bits per heavy atom. The molecule has 0 N–H and O–H groups in total. The molecule has 0 unspecified atom stereocenters. The highest BCUT2D eigenvalue weighted by molar-refractivity contribution is 7.99. The van der Waals surface area contributed by atoms with Crippen LogP contribution in [0.15, 0.2) is 53.6 Å². The van der Waals surface area contributed by atoms with Gasteiger partial charge in [-0.25, -0.2) is 4.98 Å². The zero-order valence-electron chi connectivity index (χ0n) is 9.17. The van der Waals surface area contributed by atoms with E-state index in [9.17, 15) is 0 Å². The largest absolute Gasteiger partial charge is 0.491 e. The molecule has 2 rings (SSSR count). The van der Waals surface area contributed by atoms with Gasteiger partial charge in [0.25, 0.3) is 0 Å². The fourth-order valence-corrected chi connectivity index (χ4v) is 2.15. The Balaban J connectivity index is 1.71.